The fourth-order valence-electron chi connectivity index (χ4n) is 2.21. The van der Waals surface area contributed by atoms with E-state index in [1.165, 1.54) is 0 Å². The summed E-state index contributed by atoms with van der Waals surface area (Å²) in [6, 6.07) is 17.0. The van der Waals surface area contributed by atoms with Crippen LogP contribution in [0.4, 0.5) is 17.1 Å². The molecule has 4 N–H and O–H groups in total. The van der Waals surface area contributed by atoms with Gasteiger partial charge in [-0.1, -0.05) is 38.1 Å². The molecule has 0 aliphatic rings. The van der Waals surface area contributed by atoms with Crippen molar-refractivity contribution in [3.63, 3.8) is 0 Å². The van der Waals surface area contributed by atoms with E-state index in [4.69, 9.17) is 5.73 Å². The van der Waals surface area contributed by atoms with Crippen LogP contribution in [0.25, 0.3) is 0 Å². The van der Waals surface area contributed by atoms with Gasteiger partial charge in [-0.3, -0.25) is 4.79 Å². The van der Waals surface area contributed by atoms with Gasteiger partial charge in [0.15, 0.2) is 0 Å². The number of para-hydroxylation sites is 1. The van der Waals surface area contributed by atoms with Crippen LogP contribution >= 0.6 is 0 Å². The first-order valence-electron chi connectivity index (χ1n) is 7.53. The van der Waals surface area contributed by atoms with Crippen LogP contribution in [0.1, 0.15) is 20.3 Å². The van der Waals surface area contributed by atoms with E-state index in [-0.39, 0.29) is 5.91 Å². The van der Waals surface area contributed by atoms with Gasteiger partial charge in [-0.15, -0.1) is 0 Å². The van der Waals surface area contributed by atoms with Gasteiger partial charge >= 0.3 is 0 Å². The molecule has 0 saturated carbocycles. The fourth-order valence-corrected chi connectivity index (χ4v) is 2.21. The molecule has 2 aromatic rings. The lowest BCUT2D eigenvalue weighted by Crippen LogP contribution is -2.36. The van der Waals surface area contributed by atoms with E-state index in [2.05, 4.69) is 24.5 Å². The Bertz CT molecular complexity index is 611. The highest BCUT2D eigenvalue weighted by atomic mass is 16.2. The molecule has 4 nitrogen and oxygen atoms in total. The monoisotopic (exact) mass is 297 g/mol. The minimum Gasteiger partial charge on any atom is -0.355 e. The van der Waals surface area contributed by atoms with Gasteiger partial charge in [-0.2, -0.15) is 0 Å². The molecule has 0 fully saturated rings. The van der Waals surface area contributed by atoms with Crippen molar-refractivity contribution in [2.45, 2.75) is 26.3 Å². The van der Waals surface area contributed by atoms with E-state index in [0.29, 0.717) is 12.3 Å². The lowest BCUT2D eigenvalue weighted by Gasteiger charge is -2.15. The van der Waals surface area contributed by atoms with Gasteiger partial charge in [0, 0.05) is 17.1 Å². The Morgan fingerprint density at radius 2 is 1.64 bits per heavy atom. The highest BCUT2D eigenvalue weighted by molar-refractivity contribution is 5.95. The zero-order valence-electron chi connectivity index (χ0n) is 13.0. The molecular weight excluding hydrogens is 274 g/mol. The second-order valence-electron chi connectivity index (χ2n) is 5.80. The number of nitrogens with two attached hydrogens (primary N) is 1. The summed E-state index contributed by atoms with van der Waals surface area (Å²) < 4.78 is 0. The summed E-state index contributed by atoms with van der Waals surface area (Å²) in [5.41, 5.74) is 8.56. The summed E-state index contributed by atoms with van der Waals surface area (Å²) >= 11 is 0. The van der Waals surface area contributed by atoms with Crippen LogP contribution < -0.4 is 16.4 Å². The third kappa shape index (κ3) is 4.90. The van der Waals surface area contributed by atoms with Crippen molar-refractivity contribution in [3.8, 4) is 0 Å². The summed E-state index contributed by atoms with van der Waals surface area (Å²) in [7, 11) is 0. The van der Waals surface area contributed by atoms with Gasteiger partial charge in [-0.05, 0) is 42.7 Å². The molecule has 0 bridgehead atoms. The number of carbonyl (C=O) groups is 1. The Labute approximate surface area is 131 Å². The Balaban J connectivity index is 2.01. The van der Waals surface area contributed by atoms with Crippen molar-refractivity contribution in [1.82, 2.24) is 0 Å². The van der Waals surface area contributed by atoms with Gasteiger partial charge < -0.3 is 16.4 Å². The van der Waals surface area contributed by atoms with Crippen LogP contribution in [-0.2, 0) is 4.79 Å². The lowest BCUT2D eigenvalue weighted by molar-refractivity contribution is -0.117. The van der Waals surface area contributed by atoms with E-state index >= 15 is 0 Å². The first-order chi connectivity index (χ1) is 10.5. The van der Waals surface area contributed by atoms with E-state index in [1.54, 1.807) is 0 Å². The molecule has 4 heteroatoms. The second kappa shape index (κ2) is 7.61. The van der Waals surface area contributed by atoms with Gasteiger partial charge in [-0.25, -0.2) is 0 Å². The topological polar surface area (TPSA) is 67.2 Å². The molecule has 0 saturated heterocycles. The molecule has 0 aromatic heterocycles. The summed E-state index contributed by atoms with van der Waals surface area (Å²) in [4.78, 5) is 12.1. The van der Waals surface area contributed by atoms with E-state index in [9.17, 15) is 4.79 Å². The third-order valence-corrected chi connectivity index (χ3v) is 3.25. The molecule has 1 amide bonds. The minimum absolute atomic E-state index is 0.148. The smallest absolute Gasteiger partial charge is 0.241 e. The number of amides is 1. The number of rotatable bonds is 6. The maximum atomic E-state index is 12.1. The molecule has 2 rings (SSSR count). The molecule has 0 heterocycles. The molecule has 0 spiro atoms. The van der Waals surface area contributed by atoms with Crippen molar-refractivity contribution in [3.05, 3.63) is 54.6 Å². The summed E-state index contributed by atoms with van der Waals surface area (Å²) in [5, 5.41) is 6.17. The molecular formula is C18H23N3O. The van der Waals surface area contributed by atoms with Crippen LogP contribution in [-0.4, -0.2) is 11.9 Å². The van der Waals surface area contributed by atoms with E-state index < -0.39 is 6.04 Å². The normalized spacial score (nSPS) is 12.0. The number of carbonyl (C=O) groups excluding carboxylic acids is 1. The Hall–Kier alpha value is -2.33. The molecule has 0 aliphatic heterocycles. The predicted molar refractivity (Wildman–Crippen MR) is 92.2 cm³/mol. The quantitative estimate of drug-likeness (QED) is 0.761. The SMILES string of the molecule is CC(C)C[C@H](N)C(=O)Nc1cccc(Nc2ccccc2)c1. The highest BCUT2D eigenvalue weighted by Crippen LogP contribution is 2.20. The number of benzene rings is 2. The van der Waals surface area contributed by atoms with Crippen molar-refractivity contribution >= 4 is 23.0 Å². The maximum Gasteiger partial charge on any atom is 0.241 e. The number of anilines is 3. The maximum absolute atomic E-state index is 12.1. The van der Waals surface area contributed by atoms with Crippen LogP contribution in [0.3, 0.4) is 0 Å². The predicted octanol–water partition coefficient (Wildman–Crippen LogP) is 3.74. The van der Waals surface area contributed by atoms with Crippen LogP contribution in [0.15, 0.2) is 54.6 Å². The van der Waals surface area contributed by atoms with Gasteiger partial charge in [0.25, 0.3) is 0 Å². The van der Waals surface area contributed by atoms with E-state index in [1.807, 2.05) is 54.6 Å². The summed E-state index contributed by atoms with van der Waals surface area (Å²) in [5.74, 6) is 0.248. The standard InChI is InChI=1S/C18H23N3O/c1-13(2)11-17(19)18(22)21-16-10-6-9-15(12-16)20-14-7-4-3-5-8-14/h3-10,12-13,17,20H,11,19H2,1-2H3,(H,21,22)/t17-/m0/s1. The lowest BCUT2D eigenvalue weighted by atomic mass is 10.0. The summed E-state index contributed by atoms with van der Waals surface area (Å²) in [6.45, 7) is 4.11. The van der Waals surface area contributed by atoms with Crippen LogP contribution in [0.2, 0.25) is 0 Å². The van der Waals surface area contributed by atoms with E-state index in [0.717, 1.165) is 17.1 Å². The molecule has 2 aromatic carbocycles. The zero-order valence-corrected chi connectivity index (χ0v) is 13.0. The largest absolute Gasteiger partial charge is 0.355 e. The molecule has 0 unspecified atom stereocenters. The number of hydrogen-bond donors (Lipinski definition) is 3. The Morgan fingerprint density at radius 3 is 2.32 bits per heavy atom. The van der Waals surface area contributed by atoms with Crippen molar-refractivity contribution in [2.24, 2.45) is 11.7 Å². The highest BCUT2D eigenvalue weighted by Gasteiger charge is 2.15. The molecule has 0 radical (unpaired) electrons. The van der Waals surface area contributed by atoms with Crippen molar-refractivity contribution in [2.75, 3.05) is 10.6 Å². The molecule has 22 heavy (non-hydrogen) atoms. The Kier molecular flexibility index (Phi) is 5.55. The third-order valence-electron chi connectivity index (χ3n) is 3.25. The second-order valence-corrected chi connectivity index (χ2v) is 5.80. The van der Waals surface area contributed by atoms with Crippen molar-refractivity contribution < 1.29 is 4.79 Å². The number of hydrogen-bond acceptors (Lipinski definition) is 3. The van der Waals surface area contributed by atoms with Gasteiger partial charge in [0.05, 0.1) is 6.04 Å². The minimum atomic E-state index is -0.481. The average molecular weight is 297 g/mol. The fraction of sp³-hybridized carbons (Fsp3) is 0.278. The summed E-state index contributed by atoms with van der Waals surface area (Å²) in [6.07, 6.45) is 0.674. The molecule has 116 valence electrons. The number of nitrogens with one attached hydrogen (secondary N) is 2. The molecule has 0 aliphatic carbocycles. The first kappa shape index (κ1) is 16.0. The molecule has 1 atom stereocenters. The van der Waals surface area contributed by atoms with Crippen LogP contribution in [0.5, 0.6) is 0 Å². The van der Waals surface area contributed by atoms with Gasteiger partial charge in [0.2, 0.25) is 5.91 Å². The van der Waals surface area contributed by atoms with Crippen LogP contribution in [0, 0.1) is 5.92 Å². The zero-order chi connectivity index (χ0) is 15.9. The Morgan fingerprint density at radius 1 is 1.00 bits per heavy atom. The first-order valence-corrected chi connectivity index (χ1v) is 7.53. The van der Waals surface area contributed by atoms with Crippen molar-refractivity contribution in [1.29, 1.82) is 0 Å². The average Bonchev–Trinajstić information content (AvgIpc) is 2.48. The van der Waals surface area contributed by atoms with Gasteiger partial charge in [0.1, 0.15) is 0 Å².